The van der Waals surface area contributed by atoms with Crippen molar-refractivity contribution in [3.05, 3.63) is 18.0 Å². The van der Waals surface area contributed by atoms with Crippen LogP contribution < -0.4 is 10.2 Å². The summed E-state index contributed by atoms with van der Waals surface area (Å²) in [5.41, 5.74) is 0.977. The Labute approximate surface area is 121 Å². The highest BCUT2D eigenvalue weighted by molar-refractivity contribution is 5.32. The zero-order chi connectivity index (χ0) is 14.6. The second-order valence-electron chi connectivity index (χ2n) is 6.14. The van der Waals surface area contributed by atoms with E-state index in [4.69, 9.17) is 4.74 Å². The molecule has 1 aliphatic rings. The number of hydrogen-bond acceptors (Lipinski definition) is 5. The van der Waals surface area contributed by atoms with Gasteiger partial charge in [-0.2, -0.15) is 0 Å². The van der Waals surface area contributed by atoms with Gasteiger partial charge in [0.15, 0.2) is 0 Å². The molecule has 0 aliphatic carbocycles. The third-order valence-electron chi connectivity index (χ3n) is 3.30. The van der Waals surface area contributed by atoms with Crippen LogP contribution in [-0.2, 0) is 11.3 Å². The van der Waals surface area contributed by atoms with Crippen molar-refractivity contribution in [2.45, 2.75) is 52.4 Å². The molecule has 1 aromatic rings. The smallest absolute Gasteiger partial charge is 0.225 e. The number of ether oxygens (including phenoxy) is 1. The van der Waals surface area contributed by atoms with Crippen LogP contribution in [0.4, 0.5) is 5.95 Å². The van der Waals surface area contributed by atoms with E-state index in [0.29, 0.717) is 0 Å². The molecule has 0 saturated carbocycles. The molecule has 20 heavy (non-hydrogen) atoms. The van der Waals surface area contributed by atoms with E-state index < -0.39 is 0 Å². The van der Waals surface area contributed by atoms with Crippen molar-refractivity contribution in [3.8, 4) is 0 Å². The molecule has 112 valence electrons. The third-order valence-corrected chi connectivity index (χ3v) is 3.30. The highest BCUT2D eigenvalue weighted by Gasteiger charge is 2.32. The lowest BCUT2D eigenvalue weighted by molar-refractivity contribution is -0.0753. The van der Waals surface area contributed by atoms with Crippen molar-refractivity contribution in [2.24, 2.45) is 0 Å². The molecule has 2 rings (SSSR count). The zero-order valence-electron chi connectivity index (χ0n) is 13.0. The molecule has 1 aliphatic heterocycles. The summed E-state index contributed by atoms with van der Waals surface area (Å²) in [6.07, 6.45) is 5.17. The van der Waals surface area contributed by atoms with Gasteiger partial charge in [0.25, 0.3) is 0 Å². The molecule has 2 heterocycles. The molecule has 5 heteroatoms. The van der Waals surface area contributed by atoms with E-state index in [0.717, 1.165) is 44.1 Å². The lowest BCUT2D eigenvalue weighted by Crippen LogP contribution is -2.52. The van der Waals surface area contributed by atoms with Gasteiger partial charge >= 0.3 is 0 Å². The van der Waals surface area contributed by atoms with Crippen LogP contribution in [0, 0.1) is 0 Å². The predicted octanol–water partition coefficient (Wildman–Crippen LogP) is 1.98. The molecule has 0 radical (unpaired) electrons. The molecule has 1 saturated heterocycles. The van der Waals surface area contributed by atoms with Gasteiger partial charge in [0.1, 0.15) is 0 Å². The highest BCUT2D eigenvalue weighted by Crippen LogP contribution is 2.23. The van der Waals surface area contributed by atoms with Gasteiger partial charge in [-0.1, -0.05) is 6.92 Å². The molecular weight excluding hydrogens is 252 g/mol. The summed E-state index contributed by atoms with van der Waals surface area (Å²) in [5.74, 6) is 0.799. The maximum Gasteiger partial charge on any atom is 0.225 e. The minimum Gasteiger partial charge on any atom is -0.369 e. The van der Waals surface area contributed by atoms with Crippen LogP contribution in [0.15, 0.2) is 12.4 Å². The second kappa shape index (κ2) is 6.50. The minimum absolute atomic E-state index is 0.150. The van der Waals surface area contributed by atoms with Gasteiger partial charge in [-0.05, 0) is 33.7 Å². The van der Waals surface area contributed by atoms with Crippen LogP contribution in [-0.4, -0.2) is 41.3 Å². The molecule has 0 amide bonds. The number of morpholine rings is 1. The fraction of sp³-hybridized carbons (Fsp3) is 0.733. The van der Waals surface area contributed by atoms with Crippen molar-refractivity contribution in [1.82, 2.24) is 15.3 Å². The Bertz CT molecular complexity index is 418. The Morgan fingerprint density at radius 2 is 2.10 bits per heavy atom. The Hall–Kier alpha value is -1.20. The lowest BCUT2D eigenvalue weighted by atomic mass is 10.1. The SMILES string of the molecule is CCCNCc1cnc(N2CC(C)OC(C)(C)C2)nc1. The Morgan fingerprint density at radius 3 is 2.70 bits per heavy atom. The number of hydrogen-bond donors (Lipinski definition) is 1. The molecule has 1 unspecified atom stereocenters. The number of aromatic nitrogens is 2. The summed E-state index contributed by atoms with van der Waals surface area (Å²) >= 11 is 0. The standard InChI is InChI=1S/C15H26N4O/c1-5-6-16-7-13-8-17-14(18-9-13)19-10-12(2)20-15(3,4)11-19/h8-9,12,16H,5-7,10-11H2,1-4H3. The van der Waals surface area contributed by atoms with E-state index in [9.17, 15) is 0 Å². The van der Waals surface area contributed by atoms with E-state index in [1.165, 1.54) is 0 Å². The van der Waals surface area contributed by atoms with Gasteiger partial charge in [0, 0.05) is 37.6 Å². The summed E-state index contributed by atoms with van der Waals surface area (Å²) in [4.78, 5) is 11.2. The number of nitrogens with zero attached hydrogens (tertiary/aromatic N) is 3. The van der Waals surface area contributed by atoms with Crippen molar-refractivity contribution < 1.29 is 4.74 Å². The highest BCUT2D eigenvalue weighted by atomic mass is 16.5. The number of nitrogens with one attached hydrogen (secondary N) is 1. The van der Waals surface area contributed by atoms with E-state index in [1.54, 1.807) is 0 Å². The monoisotopic (exact) mass is 278 g/mol. The van der Waals surface area contributed by atoms with Crippen LogP contribution in [0.3, 0.4) is 0 Å². The van der Waals surface area contributed by atoms with E-state index in [2.05, 4.69) is 47.9 Å². The maximum atomic E-state index is 5.91. The van der Waals surface area contributed by atoms with Crippen LogP contribution in [0.1, 0.15) is 39.7 Å². The average molecular weight is 278 g/mol. The zero-order valence-corrected chi connectivity index (χ0v) is 13.0. The summed E-state index contributed by atoms with van der Waals surface area (Å²) < 4.78 is 5.91. The normalized spacial score (nSPS) is 22.0. The van der Waals surface area contributed by atoms with Gasteiger partial charge in [-0.25, -0.2) is 9.97 Å². The number of anilines is 1. The summed E-state index contributed by atoms with van der Waals surface area (Å²) in [7, 11) is 0. The molecule has 1 aromatic heterocycles. The van der Waals surface area contributed by atoms with Crippen LogP contribution in [0.25, 0.3) is 0 Å². The average Bonchev–Trinajstić information content (AvgIpc) is 2.37. The molecule has 1 fully saturated rings. The fourth-order valence-corrected chi connectivity index (χ4v) is 2.62. The first-order valence-corrected chi connectivity index (χ1v) is 7.44. The van der Waals surface area contributed by atoms with E-state index in [1.807, 2.05) is 12.4 Å². The van der Waals surface area contributed by atoms with Gasteiger partial charge in [0.05, 0.1) is 11.7 Å². The predicted molar refractivity (Wildman–Crippen MR) is 80.9 cm³/mol. The number of rotatable bonds is 5. The third kappa shape index (κ3) is 4.15. The van der Waals surface area contributed by atoms with E-state index >= 15 is 0 Å². The Balaban J connectivity index is 1.98. The van der Waals surface area contributed by atoms with Crippen molar-refractivity contribution in [1.29, 1.82) is 0 Å². The van der Waals surface area contributed by atoms with Crippen LogP contribution in [0.5, 0.6) is 0 Å². The quantitative estimate of drug-likeness (QED) is 0.835. The largest absolute Gasteiger partial charge is 0.369 e. The maximum absolute atomic E-state index is 5.91. The van der Waals surface area contributed by atoms with Crippen molar-refractivity contribution >= 4 is 5.95 Å². The topological polar surface area (TPSA) is 50.3 Å². The Morgan fingerprint density at radius 1 is 1.40 bits per heavy atom. The molecule has 0 aromatic carbocycles. The van der Waals surface area contributed by atoms with E-state index in [-0.39, 0.29) is 11.7 Å². The first-order chi connectivity index (χ1) is 9.50. The van der Waals surface area contributed by atoms with Gasteiger partial charge in [-0.15, -0.1) is 0 Å². The first kappa shape index (κ1) is 15.2. The molecule has 0 bridgehead atoms. The molecule has 0 spiro atoms. The van der Waals surface area contributed by atoms with Gasteiger partial charge in [0.2, 0.25) is 5.95 Å². The van der Waals surface area contributed by atoms with Crippen molar-refractivity contribution in [2.75, 3.05) is 24.5 Å². The van der Waals surface area contributed by atoms with Gasteiger partial charge in [-0.3, -0.25) is 0 Å². The second-order valence-corrected chi connectivity index (χ2v) is 6.14. The minimum atomic E-state index is -0.150. The summed E-state index contributed by atoms with van der Waals surface area (Å²) in [6.45, 7) is 12.0. The summed E-state index contributed by atoms with van der Waals surface area (Å²) in [5, 5.41) is 3.36. The molecule has 5 nitrogen and oxygen atoms in total. The van der Waals surface area contributed by atoms with Crippen LogP contribution in [0.2, 0.25) is 0 Å². The summed E-state index contributed by atoms with van der Waals surface area (Å²) in [6, 6.07) is 0. The molecular formula is C15H26N4O. The first-order valence-electron chi connectivity index (χ1n) is 7.44. The van der Waals surface area contributed by atoms with Crippen LogP contribution >= 0.6 is 0 Å². The lowest BCUT2D eigenvalue weighted by Gasteiger charge is -2.41. The van der Waals surface area contributed by atoms with Crippen molar-refractivity contribution in [3.63, 3.8) is 0 Å². The Kier molecular flexibility index (Phi) is 4.94. The molecule has 1 N–H and O–H groups in total. The van der Waals surface area contributed by atoms with Gasteiger partial charge < -0.3 is 15.0 Å². The molecule has 1 atom stereocenters. The fourth-order valence-electron chi connectivity index (χ4n) is 2.62.